The Kier molecular flexibility index (Phi) is 5.11. The van der Waals surface area contributed by atoms with E-state index in [0.717, 1.165) is 24.5 Å². The van der Waals surface area contributed by atoms with E-state index < -0.39 is 0 Å². The summed E-state index contributed by atoms with van der Waals surface area (Å²) in [5, 5.41) is 6.86. The molecule has 0 radical (unpaired) electrons. The molecule has 0 bridgehead atoms. The molecule has 0 aliphatic rings. The van der Waals surface area contributed by atoms with E-state index in [1.807, 2.05) is 24.3 Å². The van der Waals surface area contributed by atoms with Gasteiger partial charge in [0.2, 0.25) is 0 Å². The minimum absolute atomic E-state index is 0.243. The summed E-state index contributed by atoms with van der Waals surface area (Å²) >= 11 is 0. The molecule has 0 aliphatic carbocycles. The molecule has 2 aromatic heterocycles. The highest BCUT2D eigenvalue weighted by Gasteiger charge is 2.21. The largest absolute Gasteiger partial charge is 0.459 e. The van der Waals surface area contributed by atoms with Gasteiger partial charge in [0.05, 0.1) is 5.56 Å². The summed E-state index contributed by atoms with van der Waals surface area (Å²) in [6, 6.07) is 11.3. The normalized spacial score (nSPS) is 10.8. The van der Waals surface area contributed by atoms with E-state index >= 15 is 0 Å². The molecule has 1 aromatic carbocycles. The molecule has 6 nitrogen and oxygen atoms in total. The van der Waals surface area contributed by atoms with Crippen LogP contribution in [0.2, 0.25) is 0 Å². The molecule has 0 fully saturated rings. The maximum absolute atomic E-state index is 12.7. The Labute approximate surface area is 152 Å². The molecular weight excluding hydrogens is 330 g/mol. The van der Waals surface area contributed by atoms with E-state index in [1.54, 1.807) is 26.0 Å². The number of anilines is 2. The number of aromatic nitrogens is 1. The van der Waals surface area contributed by atoms with Gasteiger partial charge in [-0.2, -0.15) is 0 Å². The number of rotatable bonds is 6. The quantitative estimate of drug-likeness (QED) is 0.698. The SMILES string of the molecule is CCN(CC)c1ccc(NC(=O)c2cc(C)oc2-c2cc(C)on2)cc1. The van der Waals surface area contributed by atoms with Gasteiger partial charge < -0.3 is 19.2 Å². The minimum Gasteiger partial charge on any atom is -0.459 e. The van der Waals surface area contributed by atoms with E-state index in [0.29, 0.717) is 28.5 Å². The molecule has 0 unspecified atom stereocenters. The van der Waals surface area contributed by atoms with E-state index in [-0.39, 0.29) is 5.91 Å². The molecule has 0 saturated heterocycles. The summed E-state index contributed by atoms with van der Waals surface area (Å²) in [6.45, 7) is 9.71. The first-order valence-corrected chi connectivity index (χ1v) is 8.72. The minimum atomic E-state index is -0.243. The highest BCUT2D eigenvalue weighted by atomic mass is 16.5. The first-order chi connectivity index (χ1) is 12.5. The van der Waals surface area contributed by atoms with Crippen molar-refractivity contribution in [2.24, 2.45) is 0 Å². The maximum atomic E-state index is 12.7. The Morgan fingerprint density at radius 3 is 2.35 bits per heavy atom. The lowest BCUT2D eigenvalue weighted by Gasteiger charge is -2.21. The van der Waals surface area contributed by atoms with Gasteiger partial charge in [0, 0.05) is 30.5 Å². The number of nitrogens with one attached hydrogen (secondary N) is 1. The Hall–Kier alpha value is -3.02. The van der Waals surface area contributed by atoms with Crippen molar-refractivity contribution in [2.75, 3.05) is 23.3 Å². The first-order valence-electron chi connectivity index (χ1n) is 8.72. The summed E-state index contributed by atoms with van der Waals surface area (Å²) in [6.07, 6.45) is 0. The second-order valence-corrected chi connectivity index (χ2v) is 6.10. The number of furan rings is 1. The highest BCUT2D eigenvalue weighted by molar-refractivity contribution is 6.07. The van der Waals surface area contributed by atoms with Gasteiger partial charge in [-0.05, 0) is 58.0 Å². The molecule has 2 heterocycles. The van der Waals surface area contributed by atoms with E-state index in [2.05, 4.69) is 29.2 Å². The van der Waals surface area contributed by atoms with Gasteiger partial charge in [-0.3, -0.25) is 4.79 Å². The lowest BCUT2D eigenvalue weighted by Crippen LogP contribution is -2.21. The number of hydrogen-bond acceptors (Lipinski definition) is 5. The topological polar surface area (TPSA) is 71.5 Å². The van der Waals surface area contributed by atoms with Crippen LogP contribution in [0.5, 0.6) is 0 Å². The van der Waals surface area contributed by atoms with Crippen molar-refractivity contribution in [1.82, 2.24) is 5.16 Å². The van der Waals surface area contributed by atoms with Gasteiger partial charge in [0.25, 0.3) is 5.91 Å². The third kappa shape index (κ3) is 3.64. The molecule has 136 valence electrons. The van der Waals surface area contributed by atoms with Crippen LogP contribution in [0.4, 0.5) is 11.4 Å². The third-order valence-electron chi connectivity index (χ3n) is 4.21. The summed E-state index contributed by atoms with van der Waals surface area (Å²) in [5.74, 6) is 1.47. The van der Waals surface area contributed by atoms with Gasteiger partial charge in [-0.25, -0.2) is 0 Å². The van der Waals surface area contributed by atoms with Crippen LogP contribution in [0, 0.1) is 13.8 Å². The predicted octanol–water partition coefficient (Wildman–Crippen LogP) is 4.65. The average molecular weight is 353 g/mol. The molecule has 0 atom stereocenters. The van der Waals surface area contributed by atoms with Crippen molar-refractivity contribution in [3.63, 3.8) is 0 Å². The van der Waals surface area contributed by atoms with Gasteiger partial charge in [-0.15, -0.1) is 0 Å². The lowest BCUT2D eigenvalue weighted by molar-refractivity contribution is 0.102. The fraction of sp³-hybridized carbons (Fsp3) is 0.300. The van der Waals surface area contributed by atoms with E-state index in [9.17, 15) is 4.79 Å². The van der Waals surface area contributed by atoms with Crippen molar-refractivity contribution in [1.29, 1.82) is 0 Å². The monoisotopic (exact) mass is 353 g/mol. The van der Waals surface area contributed by atoms with Crippen molar-refractivity contribution < 1.29 is 13.7 Å². The van der Waals surface area contributed by atoms with Crippen LogP contribution in [0.1, 0.15) is 35.7 Å². The van der Waals surface area contributed by atoms with E-state index in [1.165, 1.54) is 0 Å². The van der Waals surface area contributed by atoms with Gasteiger partial charge >= 0.3 is 0 Å². The third-order valence-corrected chi connectivity index (χ3v) is 4.21. The fourth-order valence-corrected chi connectivity index (χ4v) is 2.89. The molecule has 3 aromatic rings. The number of carbonyl (C=O) groups excluding carboxylic acids is 1. The standard InChI is InChI=1S/C20H23N3O3/c1-5-23(6-2)16-9-7-15(8-10-16)21-20(24)17-11-13(3)25-19(17)18-12-14(4)26-22-18/h7-12H,5-6H2,1-4H3,(H,21,24). The van der Waals surface area contributed by atoms with Crippen LogP contribution in [-0.4, -0.2) is 24.2 Å². The zero-order chi connectivity index (χ0) is 18.7. The van der Waals surface area contributed by atoms with Crippen molar-refractivity contribution in [2.45, 2.75) is 27.7 Å². The van der Waals surface area contributed by atoms with Crippen LogP contribution >= 0.6 is 0 Å². The zero-order valence-electron chi connectivity index (χ0n) is 15.5. The molecule has 3 rings (SSSR count). The number of carbonyl (C=O) groups is 1. The van der Waals surface area contributed by atoms with Crippen LogP contribution in [-0.2, 0) is 0 Å². The Morgan fingerprint density at radius 2 is 1.77 bits per heavy atom. The fourth-order valence-electron chi connectivity index (χ4n) is 2.89. The number of hydrogen-bond donors (Lipinski definition) is 1. The molecule has 0 aliphatic heterocycles. The van der Waals surface area contributed by atoms with Crippen LogP contribution in [0.3, 0.4) is 0 Å². The van der Waals surface area contributed by atoms with Gasteiger partial charge in [0.1, 0.15) is 17.2 Å². The number of nitrogens with zero attached hydrogens (tertiary/aromatic N) is 2. The molecule has 1 N–H and O–H groups in total. The molecule has 6 heteroatoms. The Morgan fingerprint density at radius 1 is 1.08 bits per heavy atom. The molecule has 0 saturated carbocycles. The highest BCUT2D eigenvalue weighted by Crippen LogP contribution is 2.28. The summed E-state index contributed by atoms with van der Waals surface area (Å²) < 4.78 is 10.8. The second kappa shape index (κ2) is 7.47. The smallest absolute Gasteiger partial charge is 0.259 e. The number of amides is 1. The zero-order valence-corrected chi connectivity index (χ0v) is 15.5. The molecule has 1 amide bonds. The maximum Gasteiger partial charge on any atom is 0.259 e. The van der Waals surface area contributed by atoms with Crippen LogP contribution in [0.15, 0.2) is 45.3 Å². The van der Waals surface area contributed by atoms with Crippen LogP contribution < -0.4 is 10.2 Å². The average Bonchev–Trinajstić information content (AvgIpc) is 3.23. The first kappa shape index (κ1) is 17.8. The molecule has 0 spiro atoms. The predicted molar refractivity (Wildman–Crippen MR) is 102 cm³/mol. The lowest BCUT2D eigenvalue weighted by atomic mass is 10.1. The molecule has 26 heavy (non-hydrogen) atoms. The van der Waals surface area contributed by atoms with E-state index in [4.69, 9.17) is 8.94 Å². The number of benzene rings is 1. The second-order valence-electron chi connectivity index (χ2n) is 6.10. The van der Waals surface area contributed by atoms with Gasteiger partial charge in [-0.1, -0.05) is 5.16 Å². The number of aryl methyl sites for hydroxylation is 2. The van der Waals surface area contributed by atoms with Crippen molar-refractivity contribution in [3.8, 4) is 11.5 Å². The van der Waals surface area contributed by atoms with Crippen LogP contribution in [0.25, 0.3) is 11.5 Å². The van der Waals surface area contributed by atoms with Crippen molar-refractivity contribution in [3.05, 3.63) is 53.5 Å². The summed E-state index contributed by atoms with van der Waals surface area (Å²) in [7, 11) is 0. The Balaban J connectivity index is 1.81. The summed E-state index contributed by atoms with van der Waals surface area (Å²) in [5.41, 5.74) is 2.80. The van der Waals surface area contributed by atoms with Gasteiger partial charge in [0.15, 0.2) is 5.76 Å². The van der Waals surface area contributed by atoms with Crippen molar-refractivity contribution >= 4 is 17.3 Å². The Bertz CT molecular complexity index is 889. The molecular formula is C20H23N3O3. The summed E-state index contributed by atoms with van der Waals surface area (Å²) in [4.78, 5) is 15.0.